The summed E-state index contributed by atoms with van der Waals surface area (Å²) < 4.78 is 20.6. The van der Waals surface area contributed by atoms with Crippen molar-refractivity contribution in [2.24, 2.45) is 0 Å². The van der Waals surface area contributed by atoms with Gasteiger partial charge in [-0.1, -0.05) is 52.8 Å². The summed E-state index contributed by atoms with van der Waals surface area (Å²) in [6.07, 6.45) is 3.98. The van der Waals surface area contributed by atoms with E-state index in [-0.39, 0.29) is 19.8 Å². The lowest BCUT2D eigenvalue weighted by Crippen LogP contribution is -2.26. The zero-order chi connectivity index (χ0) is 23.3. The van der Waals surface area contributed by atoms with Crippen molar-refractivity contribution in [3.8, 4) is 23.0 Å². The molecule has 0 saturated heterocycles. The van der Waals surface area contributed by atoms with Crippen molar-refractivity contribution < 1.29 is 14.0 Å². The number of rotatable bonds is 5. The van der Waals surface area contributed by atoms with Crippen LogP contribution in [0.3, 0.4) is 0 Å². The number of benzene rings is 2. The molecule has 168 valence electrons. The molecule has 0 N–H and O–H groups in total. The van der Waals surface area contributed by atoms with Gasteiger partial charge in [0.1, 0.15) is 0 Å². The fraction of sp³-hybridized carbons (Fsp3) is 0.333. The number of hydrogen-bond acceptors (Lipinski definition) is 3. The van der Waals surface area contributed by atoms with Crippen LogP contribution in [0.1, 0.15) is 63.8 Å². The van der Waals surface area contributed by atoms with Crippen molar-refractivity contribution in [3.05, 3.63) is 77.6 Å². The number of ether oxygens (including phenoxy) is 2. The Morgan fingerprint density at radius 2 is 1.62 bits per heavy atom. The molecule has 1 unspecified atom stereocenters. The lowest BCUT2D eigenvalue weighted by molar-refractivity contribution is 0.349. The van der Waals surface area contributed by atoms with Gasteiger partial charge in [-0.05, 0) is 53.8 Å². The molecule has 32 heavy (non-hydrogen) atoms. The van der Waals surface area contributed by atoms with Gasteiger partial charge in [-0.15, -0.1) is 0 Å². The number of methoxy groups -OCH3 is 1. The maximum Gasteiger partial charge on any atom is 0.181 e. The maximum absolute atomic E-state index is 6.55. The maximum atomic E-state index is 6.55. The molecule has 1 aliphatic heterocycles. The predicted molar refractivity (Wildman–Crippen MR) is 134 cm³/mol. The fourth-order valence-corrected chi connectivity index (χ4v) is 4.64. The average molecular weight is 450 g/mol. The Morgan fingerprint density at radius 3 is 2.22 bits per heavy atom. The third-order valence-electron chi connectivity index (χ3n) is 6.10. The molecule has 1 aliphatic rings. The van der Waals surface area contributed by atoms with Gasteiger partial charge in [-0.3, -0.25) is 0 Å². The minimum atomic E-state index is -0.308. The molecular formula is C27H32NO3P. The van der Waals surface area contributed by atoms with Gasteiger partial charge in [0.25, 0.3) is 0 Å². The molecular weight excluding hydrogens is 417 g/mol. The Labute approximate surface area is 193 Å². The van der Waals surface area contributed by atoms with Gasteiger partial charge < -0.3 is 18.3 Å². The van der Waals surface area contributed by atoms with E-state index in [9.17, 15) is 0 Å². The quantitative estimate of drug-likeness (QED) is 0.374. The highest BCUT2D eigenvalue weighted by molar-refractivity contribution is 7.30. The van der Waals surface area contributed by atoms with Crippen LogP contribution < -0.4 is 14.0 Å². The first-order valence-corrected chi connectivity index (χ1v) is 11.7. The summed E-state index contributed by atoms with van der Waals surface area (Å²) in [6, 6.07) is 12.5. The fourth-order valence-electron chi connectivity index (χ4n) is 3.99. The second kappa shape index (κ2) is 8.01. The molecule has 0 amide bonds. The SMILES string of the molecule is C=C(C)c1cc(OPn2cccc2)c2c(c1)C(C)(C)c1cc(C(C)(C)C)cc(OC)c1O2. The van der Waals surface area contributed by atoms with Crippen molar-refractivity contribution in [2.75, 3.05) is 7.11 Å². The van der Waals surface area contributed by atoms with E-state index in [2.05, 4.69) is 59.4 Å². The zero-order valence-corrected chi connectivity index (χ0v) is 21.0. The molecule has 5 heteroatoms. The van der Waals surface area contributed by atoms with E-state index in [0.717, 1.165) is 39.5 Å². The molecule has 0 saturated carbocycles. The van der Waals surface area contributed by atoms with Gasteiger partial charge in [-0.25, -0.2) is 0 Å². The van der Waals surface area contributed by atoms with Crippen LogP contribution in [-0.2, 0) is 10.8 Å². The third-order valence-corrected chi connectivity index (χ3v) is 6.92. The smallest absolute Gasteiger partial charge is 0.181 e. The first-order valence-electron chi connectivity index (χ1n) is 10.8. The highest BCUT2D eigenvalue weighted by Crippen LogP contribution is 2.56. The number of allylic oxidation sites excluding steroid dienone is 1. The highest BCUT2D eigenvalue weighted by atomic mass is 31.1. The van der Waals surface area contributed by atoms with Gasteiger partial charge >= 0.3 is 0 Å². The molecule has 0 bridgehead atoms. The standard InChI is InChI=1S/C27H32NO3P/c1-17(2)18-13-20-25(23(14-18)31-32-28-11-9-10-12-28)30-24-21(27(20,6)7)15-19(26(3,4)5)16-22(24)29-8/h9-16,32H,1H2,2-8H3. The molecule has 0 spiro atoms. The van der Waals surface area contributed by atoms with Gasteiger partial charge in [0, 0.05) is 28.9 Å². The van der Waals surface area contributed by atoms with Gasteiger partial charge in [0.15, 0.2) is 32.0 Å². The second-order valence-corrected chi connectivity index (χ2v) is 10.9. The molecule has 2 aromatic carbocycles. The van der Waals surface area contributed by atoms with Gasteiger partial charge in [0.2, 0.25) is 0 Å². The molecule has 0 aliphatic carbocycles. The minimum absolute atomic E-state index is 0.00955. The van der Waals surface area contributed by atoms with Crippen LogP contribution in [0.2, 0.25) is 0 Å². The molecule has 1 aromatic heterocycles. The van der Waals surface area contributed by atoms with E-state index in [1.165, 1.54) is 5.56 Å². The molecule has 0 fully saturated rings. The van der Waals surface area contributed by atoms with E-state index in [1.54, 1.807) is 7.11 Å². The lowest BCUT2D eigenvalue weighted by Gasteiger charge is -2.37. The summed E-state index contributed by atoms with van der Waals surface area (Å²) in [6.45, 7) is 17.3. The summed E-state index contributed by atoms with van der Waals surface area (Å²) in [5.41, 5.74) is 5.15. The van der Waals surface area contributed by atoms with E-state index in [1.807, 2.05) is 41.9 Å². The third kappa shape index (κ3) is 3.93. The van der Waals surface area contributed by atoms with Crippen LogP contribution in [0.4, 0.5) is 0 Å². The summed E-state index contributed by atoms with van der Waals surface area (Å²) >= 11 is 0. The summed E-state index contributed by atoms with van der Waals surface area (Å²) in [7, 11) is 1.81. The summed E-state index contributed by atoms with van der Waals surface area (Å²) in [5.74, 6) is 2.96. The normalized spacial score (nSPS) is 14.6. The van der Waals surface area contributed by atoms with E-state index < -0.39 is 0 Å². The van der Waals surface area contributed by atoms with E-state index in [4.69, 9.17) is 14.0 Å². The van der Waals surface area contributed by atoms with Gasteiger partial charge in [-0.2, -0.15) is 0 Å². The molecule has 4 rings (SSSR count). The highest BCUT2D eigenvalue weighted by Gasteiger charge is 2.39. The number of hydrogen-bond donors (Lipinski definition) is 0. The van der Waals surface area contributed by atoms with Crippen LogP contribution in [0, 0.1) is 0 Å². The van der Waals surface area contributed by atoms with Gasteiger partial charge in [0.05, 0.1) is 7.11 Å². The molecule has 2 heterocycles. The Bertz CT molecular complexity index is 1170. The van der Waals surface area contributed by atoms with Crippen LogP contribution in [0.25, 0.3) is 5.57 Å². The number of fused-ring (bicyclic) bond motifs is 2. The molecule has 1 atom stereocenters. The zero-order valence-electron chi connectivity index (χ0n) is 20.0. The number of nitrogens with zero attached hydrogens (tertiary/aromatic N) is 1. The van der Waals surface area contributed by atoms with E-state index >= 15 is 0 Å². The second-order valence-electron chi connectivity index (χ2n) is 9.95. The van der Waals surface area contributed by atoms with Crippen molar-refractivity contribution in [1.82, 2.24) is 4.34 Å². The van der Waals surface area contributed by atoms with Crippen molar-refractivity contribution >= 4 is 14.5 Å². The van der Waals surface area contributed by atoms with Crippen LogP contribution in [0.5, 0.6) is 23.0 Å². The Kier molecular flexibility index (Phi) is 5.63. The summed E-state index contributed by atoms with van der Waals surface area (Å²) in [4.78, 5) is 0. The van der Waals surface area contributed by atoms with Crippen LogP contribution >= 0.6 is 8.96 Å². The van der Waals surface area contributed by atoms with Crippen molar-refractivity contribution in [2.45, 2.75) is 52.4 Å². The average Bonchev–Trinajstić information content (AvgIpc) is 3.24. The molecule has 3 aromatic rings. The Balaban J connectivity index is 1.89. The topological polar surface area (TPSA) is 32.6 Å². The first-order chi connectivity index (χ1) is 15.0. The molecule has 4 nitrogen and oxygen atoms in total. The van der Waals surface area contributed by atoms with Crippen molar-refractivity contribution in [1.29, 1.82) is 0 Å². The van der Waals surface area contributed by atoms with E-state index in [0.29, 0.717) is 5.75 Å². The first kappa shape index (κ1) is 22.5. The molecule has 0 radical (unpaired) electrons. The lowest BCUT2D eigenvalue weighted by atomic mass is 9.73. The van der Waals surface area contributed by atoms with Crippen LogP contribution in [-0.4, -0.2) is 11.4 Å². The summed E-state index contributed by atoms with van der Waals surface area (Å²) in [5, 5.41) is 0. The largest absolute Gasteiger partial charge is 0.493 e. The predicted octanol–water partition coefficient (Wildman–Crippen LogP) is 7.69. The number of aromatic nitrogens is 1. The Hall–Kier alpha value is -2.71. The van der Waals surface area contributed by atoms with Crippen molar-refractivity contribution in [3.63, 3.8) is 0 Å². The monoisotopic (exact) mass is 449 g/mol. The minimum Gasteiger partial charge on any atom is -0.493 e. The van der Waals surface area contributed by atoms with Crippen LogP contribution in [0.15, 0.2) is 55.4 Å². The Morgan fingerprint density at radius 1 is 1.00 bits per heavy atom.